The van der Waals surface area contributed by atoms with Crippen LogP contribution in [0.25, 0.3) is 0 Å². The van der Waals surface area contributed by atoms with E-state index in [0.29, 0.717) is 17.5 Å². The second kappa shape index (κ2) is 6.76. The Morgan fingerprint density at radius 1 is 1.29 bits per heavy atom. The van der Waals surface area contributed by atoms with Crippen molar-refractivity contribution in [3.05, 3.63) is 17.7 Å². The van der Waals surface area contributed by atoms with Gasteiger partial charge < -0.3 is 19.3 Å². The van der Waals surface area contributed by atoms with Crippen LogP contribution in [0.15, 0.2) is 12.1 Å². The SMILES string of the molecule is COC(=O)c1ccc(N2CCC(N(C)C)CC2)nc1OC. The number of carbonyl (C=O) groups excluding carboxylic acids is 1. The molecule has 0 unspecified atom stereocenters. The zero-order valence-corrected chi connectivity index (χ0v) is 13.1. The third-order valence-electron chi connectivity index (χ3n) is 3.96. The summed E-state index contributed by atoms with van der Waals surface area (Å²) in [5.41, 5.74) is 0.354. The molecule has 1 aliphatic heterocycles. The largest absolute Gasteiger partial charge is 0.480 e. The normalized spacial score (nSPS) is 16.1. The Morgan fingerprint density at radius 2 is 1.95 bits per heavy atom. The highest BCUT2D eigenvalue weighted by atomic mass is 16.5. The summed E-state index contributed by atoms with van der Waals surface area (Å²) in [6.07, 6.45) is 2.21. The van der Waals surface area contributed by atoms with Crippen LogP contribution >= 0.6 is 0 Å². The van der Waals surface area contributed by atoms with E-state index in [1.807, 2.05) is 6.07 Å². The number of hydrogen-bond donors (Lipinski definition) is 0. The first-order valence-corrected chi connectivity index (χ1v) is 7.11. The van der Waals surface area contributed by atoms with Crippen molar-refractivity contribution in [1.82, 2.24) is 9.88 Å². The Labute approximate surface area is 125 Å². The van der Waals surface area contributed by atoms with E-state index in [9.17, 15) is 4.79 Å². The highest BCUT2D eigenvalue weighted by Crippen LogP contribution is 2.25. The number of nitrogens with zero attached hydrogens (tertiary/aromatic N) is 3. The Morgan fingerprint density at radius 3 is 2.48 bits per heavy atom. The predicted octanol–water partition coefficient (Wildman–Crippen LogP) is 1.41. The number of carbonyl (C=O) groups is 1. The molecule has 1 saturated heterocycles. The topological polar surface area (TPSA) is 54.9 Å². The van der Waals surface area contributed by atoms with Crippen molar-refractivity contribution in [2.45, 2.75) is 18.9 Å². The van der Waals surface area contributed by atoms with Crippen molar-refractivity contribution < 1.29 is 14.3 Å². The van der Waals surface area contributed by atoms with Crippen LogP contribution in [0, 0.1) is 0 Å². The van der Waals surface area contributed by atoms with Crippen molar-refractivity contribution in [1.29, 1.82) is 0 Å². The van der Waals surface area contributed by atoms with Gasteiger partial charge in [0, 0.05) is 19.1 Å². The number of pyridine rings is 1. The van der Waals surface area contributed by atoms with Crippen molar-refractivity contribution in [2.24, 2.45) is 0 Å². The lowest BCUT2D eigenvalue weighted by Gasteiger charge is -2.35. The Balaban J connectivity index is 2.13. The molecule has 21 heavy (non-hydrogen) atoms. The number of methoxy groups -OCH3 is 2. The average Bonchev–Trinajstić information content (AvgIpc) is 2.53. The summed E-state index contributed by atoms with van der Waals surface area (Å²) >= 11 is 0. The van der Waals surface area contributed by atoms with Gasteiger partial charge in [0.05, 0.1) is 14.2 Å². The third-order valence-corrected chi connectivity index (χ3v) is 3.96. The maximum atomic E-state index is 11.6. The van der Waals surface area contributed by atoms with E-state index in [0.717, 1.165) is 31.7 Å². The van der Waals surface area contributed by atoms with Crippen molar-refractivity contribution >= 4 is 11.8 Å². The number of piperidine rings is 1. The van der Waals surface area contributed by atoms with Gasteiger partial charge >= 0.3 is 5.97 Å². The zero-order chi connectivity index (χ0) is 15.4. The highest BCUT2D eigenvalue weighted by molar-refractivity contribution is 5.92. The van der Waals surface area contributed by atoms with E-state index < -0.39 is 5.97 Å². The lowest BCUT2D eigenvalue weighted by atomic mass is 10.0. The summed E-state index contributed by atoms with van der Waals surface area (Å²) in [5.74, 6) is 0.725. The first-order valence-electron chi connectivity index (χ1n) is 7.11. The standard InChI is InChI=1S/C15H23N3O3/c1-17(2)11-7-9-18(10-8-11)13-6-5-12(15(19)21-4)14(16-13)20-3/h5-6,11H,7-10H2,1-4H3. The summed E-state index contributed by atoms with van der Waals surface area (Å²) in [6.45, 7) is 1.91. The molecule has 2 heterocycles. The monoisotopic (exact) mass is 293 g/mol. The van der Waals surface area contributed by atoms with Crippen LogP contribution in [0.5, 0.6) is 5.88 Å². The molecule has 1 aliphatic rings. The Hall–Kier alpha value is -1.82. The maximum Gasteiger partial charge on any atom is 0.343 e. The van der Waals surface area contributed by atoms with Gasteiger partial charge in [0.15, 0.2) is 0 Å². The van der Waals surface area contributed by atoms with Gasteiger partial charge in [-0.15, -0.1) is 0 Å². The van der Waals surface area contributed by atoms with E-state index in [1.54, 1.807) is 6.07 Å². The van der Waals surface area contributed by atoms with E-state index in [2.05, 4.69) is 28.9 Å². The van der Waals surface area contributed by atoms with Crippen molar-refractivity contribution in [3.63, 3.8) is 0 Å². The smallest absolute Gasteiger partial charge is 0.343 e. The van der Waals surface area contributed by atoms with Crippen LogP contribution < -0.4 is 9.64 Å². The molecule has 1 fully saturated rings. The predicted molar refractivity (Wildman–Crippen MR) is 81.1 cm³/mol. The minimum atomic E-state index is -0.433. The number of rotatable bonds is 4. The average molecular weight is 293 g/mol. The van der Waals surface area contributed by atoms with E-state index in [4.69, 9.17) is 9.47 Å². The second-order valence-electron chi connectivity index (χ2n) is 5.40. The van der Waals surface area contributed by atoms with Crippen LogP contribution in [0.1, 0.15) is 23.2 Å². The lowest BCUT2D eigenvalue weighted by molar-refractivity contribution is 0.0596. The molecule has 0 saturated carbocycles. The minimum absolute atomic E-state index is 0.314. The van der Waals surface area contributed by atoms with Gasteiger partial charge in [0.1, 0.15) is 11.4 Å². The first kappa shape index (κ1) is 15.6. The zero-order valence-electron chi connectivity index (χ0n) is 13.1. The van der Waals surface area contributed by atoms with E-state index in [-0.39, 0.29) is 0 Å². The summed E-state index contributed by atoms with van der Waals surface area (Å²) < 4.78 is 9.94. The molecule has 0 bridgehead atoms. The molecule has 0 radical (unpaired) electrons. The lowest BCUT2D eigenvalue weighted by Crippen LogP contribution is -2.42. The Bertz CT molecular complexity index is 497. The number of anilines is 1. The van der Waals surface area contributed by atoms with Crippen LogP contribution in [-0.4, -0.2) is 63.3 Å². The van der Waals surface area contributed by atoms with Crippen molar-refractivity contribution in [2.75, 3.05) is 46.3 Å². The highest BCUT2D eigenvalue weighted by Gasteiger charge is 2.23. The van der Waals surface area contributed by atoms with Crippen molar-refractivity contribution in [3.8, 4) is 5.88 Å². The fourth-order valence-electron chi connectivity index (χ4n) is 2.64. The molecule has 2 rings (SSSR count). The number of hydrogen-bond acceptors (Lipinski definition) is 6. The van der Waals surface area contributed by atoms with Gasteiger partial charge in [-0.1, -0.05) is 0 Å². The Kier molecular flexibility index (Phi) is 5.01. The third kappa shape index (κ3) is 3.44. The molecule has 1 aromatic heterocycles. The summed E-state index contributed by atoms with van der Waals surface area (Å²) in [5, 5.41) is 0. The molecule has 0 spiro atoms. The van der Waals surface area contributed by atoms with E-state index >= 15 is 0 Å². The quantitative estimate of drug-likeness (QED) is 0.782. The molecule has 0 N–H and O–H groups in total. The molecular weight excluding hydrogens is 270 g/mol. The van der Waals surface area contributed by atoms with Crippen LogP contribution in [0.4, 0.5) is 5.82 Å². The summed E-state index contributed by atoms with van der Waals surface area (Å²) in [6, 6.07) is 4.19. The second-order valence-corrected chi connectivity index (χ2v) is 5.40. The minimum Gasteiger partial charge on any atom is -0.480 e. The molecular formula is C15H23N3O3. The molecule has 1 aromatic rings. The summed E-state index contributed by atoms with van der Waals surface area (Å²) in [4.78, 5) is 20.6. The van der Waals surface area contributed by atoms with E-state index in [1.165, 1.54) is 14.2 Å². The summed E-state index contributed by atoms with van der Waals surface area (Å²) in [7, 11) is 7.10. The molecule has 0 amide bonds. The molecule has 0 atom stereocenters. The van der Waals surface area contributed by atoms with Gasteiger partial charge in [-0.05, 0) is 39.1 Å². The molecule has 0 aromatic carbocycles. The fraction of sp³-hybridized carbons (Fsp3) is 0.600. The number of ether oxygens (including phenoxy) is 2. The number of esters is 1. The number of aromatic nitrogens is 1. The molecule has 6 heteroatoms. The van der Waals surface area contributed by atoms with Gasteiger partial charge in [-0.3, -0.25) is 0 Å². The van der Waals surface area contributed by atoms with Gasteiger partial charge in [-0.25, -0.2) is 4.79 Å². The van der Waals surface area contributed by atoms with Gasteiger partial charge in [-0.2, -0.15) is 4.98 Å². The van der Waals surface area contributed by atoms with Crippen LogP contribution in [0.2, 0.25) is 0 Å². The van der Waals surface area contributed by atoms with Gasteiger partial charge in [0.2, 0.25) is 5.88 Å². The van der Waals surface area contributed by atoms with Crippen LogP contribution in [-0.2, 0) is 4.74 Å². The molecule has 116 valence electrons. The van der Waals surface area contributed by atoms with Crippen LogP contribution in [0.3, 0.4) is 0 Å². The van der Waals surface area contributed by atoms with Gasteiger partial charge in [0.25, 0.3) is 0 Å². The first-order chi connectivity index (χ1) is 10.1. The maximum absolute atomic E-state index is 11.6. The molecule has 0 aliphatic carbocycles. The fourth-order valence-corrected chi connectivity index (χ4v) is 2.64. The molecule has 6 nitrogen and oxygen atoms in total.